The van der Waals surface area contributed by atoms with Gasteiger partial charge in [0.2, 0.25) is 0 Å². The normalized spacial score (nSPS) is 14.9. The largest absolute Gasteiger partial charge is 0.532 e. The van der Waals surface area contributed by atoms with Crippen molar-refractivity contribution in [2.24, 2.45) is 0 Å². The van der Waals surface area contributed by atoms with Gasteiger partial charge in [-0.1, -0.05) is 0 Å². The van der Waals surface area contributed by atoms with E-state index >= 15 is 0 Å². The molecular formula is C8H8BF12O4-. The van der Waals surface area contributed by atoms with Gasteiger partial charge in [-0.25, -0.2) is 0 Å². The van der Waals surface area contributed by atoms with Crippen molar-refractivity contribution in [3.63, 3.8) is 0 Å². The third-order valence-corrected chi connectivity index (χ3v) is 1.80. The van der Waals surface area contributed by atoms with E-state index < -0.39 is 58.1 Å². The summed E-state index contributed by atoms with van der Waals surface area (Å²) in [6.45, 7) is -15.5. The van der Waals surface area contributed by atoms with Gasteiger partial charge < -0.3 is 18.6 Å². The standard InChI is InChI=1S/C8H8BF12O4/c10-5(11,12)1-22-9(23-2-6(13,14)15,24-3-7(16,17)18)25-4-8(19,20)21/h1-4H2/q-1. The van der Waals surface area contributed by atoms with E-state index in [4.69, 9.17) is 0 Å². The minimum atomic E-state index is -5.35. The van der Waals surface area contributed by atoms with Gasteiger partial charge in [0.05, 0.1) is 0 Å². The average molecular weight is 407 g/mol. The van der Waals surface area contributed by atoms with Crippen molar-refractivity contribution >= 4 is 6.96 Å². The number of rotatable bonds is 8. The van der Waals surface area contributed by atoms with Crippen LogP contribution in [0.15, 0.2) is 0 Å². The second-order valence-electron chi connectivity index (χ2n) is 4.28. The van der Waals surface area contributed by atoms with Gasteiger partial charge in [0.15, 0.2) is 0 Å². The second kappa shape index (κ2) is 8.17. The van der Waals surface area contributed by atoms with Crippen LogP contribution in [0.3, 0.4) is 0 Å². The lowest BCUT2D eigenvalue weighted by atomic mass is 10.0. The molecule has 0 aliphatic rings. The van der Waals surface area contributed by atoms with Crippen molar-refractivity contribution in [2.75, 3.05) is 26.4 Å². The summed E-state index contributed by atoms with van der Waals surface area (Å²) in [5, 5.41) is 0. The minimum absolute atomic E-state index is 2.60. The summed E-state index contributed by atoms with van der Waals surface area (Å²) in [4.78, 5) is 0. The average Bonchev–Trinajstić information content (AvgIpc) is 2.33. The van der Waals surface area contributed by atoms with E-state index in [2.05, 4.69) is 18.6 Å². The molecule has 0 heterocycles. The number of hydrogen-bond acceptors (Lipinski definition) is 4. The third kappa shape index (κ3) is 14.0. The van der Waals surface area contributed by atoms with Crippen molar-refractivity contribution in [2.45, 2.75) is 24.7 Å². The van der Waals surface area contributed by atoms with E-state index in [1.807, 2.05) is 0 Å². The lowest BCUT2D eigenvalue weighted by molar-refractivity contribution is -0.223. The minimum Gasteiger partial charge on any atom is -0.512 e. The highest BCUT2D eigenvalue weighted by Crippen LogP contribution is 2.27. The van der Waals surface area contributed by atoms with Gasteiger partial charge in [-0.3, -0.25) is 0 Å². The SMILES string of the molecule is FC(F)(F)CO[B-](OCC(F)(F)F)(OCC(F)(F)F)OCC(F)(F)F. The van der Waals surface area contributed by atoms with Crippen LogP contribution in [0, 0.1) is 0 Å². The molecule has 0 radical (unpaired) electrons. The molecule has 25 heavy (non-hydrogen) atoms. The molecule has 152 valence electrons. The number of alkyl halides is 12. The van der Waals surface area contributed by atoms with E-state index in [0.717, 1.165) is 0 Å². The maximum Gasteiger partial charge on any atom is 0.532 e. The Kier molecular flexibility index (Phi) is 7.87. The molecule has 0 bridgehead atoms. The molecule has 4 nitrogen and oxygen atoms in total. The van der Waals surface area contributed by atoms with Crippen molar-refractivity contribution in [3.8, 4) is 0 Å². The Balaban J connectivity index is 5.41. The Labute approximate surface area is 131 Å². The molecular weight excluding hydrogens is 399 g/mol. The molecule has 0 fully saturated rings. The van der Waals surface area contributed by atoms with Crippen LogP contribution in [-0.4, -0.2) is 58.1 Å². The van der Waals surface area contributed by atoms with Crippen LogP contribution in [-0.2, 0) is 18.6 Å². The predicted octanol–water partition coefficient (Wildman–Crippen LogP) is 3.74. The summed E-state index contributed by atoms with van der Waals surface area (Å²) in [5.41, 5.74) is 0. The molecule has 0 rings (SSSR count). The molecule has 0 saturated carbocycles. The summed E-state index contributed by atoms with van der Waals surface area (Å²) >= 11 is 0. The fraction of sp³-hybridized carbons (Fsp3) is 1.00. The van der Waals surface area contributed by atoms with Gasteiger partial charge in [0.25, 0.3) is 0 Å². The van der Waals surface area contributed by atoms with E-state index in [-0.39, 0.29) is 0 Å². The molecule has 0 aromatic heterocycles. The highest BCUT2D eigenvalue weighted by molar-refractivity contribution is 6.53. The summed E-state index contributed by atoms with van der Waals surface area (Å²) in [6.07, 6.45) is -21.4. The molecule has 0 saturated heterocycles. The molecule has 0 aliphatic heterocycles. The van der Waals surface area contributed by atoms with Crippen molar-refractivity contribution < 1.29 is 71.3 Å². The van der Waals surface area contributed by atoms with Crippen molar-refractivity contribution in [1.29, 1.82) is 0 Å². The van der Waals surface area contributed by atoms with Gasteiger partial charge in [-0.15, -0.1) is 0 Å². The lowest BCUT2D eigenvalue weighted by Crippen LogP contribution is -2.54. The van der Waals surface area contributed by atoms with Crippen LogP contribution < -0.4 is 0 Å². The number of halogens is 12. The summed E-state index contributed by atoms with van der Waals surface area (Å²) in [6, 6.07) is 0. The molecule has 0 amide bonds. The van der Waals surface area contributed by atoms with Crippen molar-refractivity contribution in [1.82, 2.24) is 0 Å². The molecule has 0 atom stereocenters. The highest BCUT2D eigenvalue weighted by Gasteiger charge is 2.45. The lowest BCUT2D eigenvalue weighted by Gasteiger charge is -2.41. The fourth-order valence-corrected chi connectivity index (χ4v) is 1.07. The van der Waals surface area contributed by atoms with Gasteiger partial charge in [0.1, 0.15) is 26.4 Å². The van der Waals surface area contributed by atoms with E-state index in [1.54, 1.807) is 0 Å². The summed E-state index contributed by atoms with van der Waals surface area (Å²) in [5.74, 6) is 0. The highest BCUT2D eigenvalue weighted by atomic mass is 19.4. The zero-order valence-electron chi connectivity index (χ0n) is 11.6. The zero-order valence-corrected chi connectivity index (χ0v) is 11.6. The first kappa shape index (κ1) is 24.1. The molecule has 0 N–H and O–H groups in total. The monoisotopic (exact) mass is 407 g/mol. The Bertz CT molecular complexity index is 322. The Morgan fingerprint density at radius 2 is 0.560 bits per heavy atom. The van der Waals surface area contributed by atoms with Gasteiger partial charge in [0, 0.05) is 0 Å². The molecule has 0 aromatic rings. The van der Waals surface area contributed by atoms with Crippen LogP contribution in [0.4, 0.5) is 52.7 Å². The van der Waals surface area contributed by atoms with E-state index in [9.17, 15) is 52.7 Å². The maximum absolute atomic E-state index is 12.1. The van der Waals surface area contributed by atoms with Crippen LogP contribution in [0.2, 0.25) is 0 Å². The summed E-state index contributed by atoms with van der Waals surface area (Å²) < 4.78 is 159. The van der Waals surface area contributed by atoms with E-state index in [1.165, 1.54) is 0 Å². The third-order valence-electron chi connectivity index (χ3n) is 1.80. The Morgan fingerprint density at radius 1 is 0.400 bits per heavy atom. The first-order valence-corrected chi connectivity index (χ1v) is 5.78. The second-order valence-corrected chi connectivity index (χ2v) is 4.28. The van der Waals surface area contributed by atoms with Crippen LogP contribution in [0.1, 0.15) is 0 Å². The topological polar surface area (TPSA) is 36.9 Å². The molecule has 17 heteroatoms. The van der Waals surface area contributed by atoms with Crippen LogP contribution >= 0.6 is 0 Å². The van der Waals surface area contributed by atoms with Gasteiger partial charge >= 0.3 is 31.7 Å². The smallest absolute Gasteiger partial charge is 0.512 e. The first-order chi connectivity index (χ1) is 10.8. The van der Waals surface area contributed by atoms with Crippen molar-refractivity contribution in [3.05, 3.63) is 0 Å². The molecule has 0 aliphatic carbocycles. The van der Waals surface area contributed by atoms with Gasteiger partial charge in [-0.2, -0.15) is 52.7 Å². The fourth-order valence-electron chi connectivity index (χ4n) is 1.07. The molecule has 0 spiro atoms. The Hall–Kier alpha value is -0.935. The van der Waals surface area contributed by atoms with Crippen LogP contribution in [0.25, 0.3) is 0 Å². The quantitative estimate of drug-likeness (QED) is 0.454. The molecule has 0 unspecified atom stereocenters. The number of hydrogen-bond donors (Lipinski definition) is 0. The predicted molar refractivity (Wildman–Crippen MR) is 53.8 cm³/mol. The maximum atomic E-state index is 12.1. The molecule has 0 aromatic carbocycles. The van der Waals surface area contributed by atoms with Gasteiger partial charge in [-0.05, 0) is 0 Å². The zero-order chi connectivity index (χ0) is 20.2. The van der Waals surface area contributed by atoms with E-state index in [0.29, 0.717) is 0 Å². The van der Waals surface area contributed by atoms with Crippen LogP contribution in [0.5, 0.6) is 0 Å². The Morgan fingerprint density at radius 3 is 0.680 bits per heavy atom. The first-order valence-electron chi connectivity index (χ1n) is 5.78. The summed E-state index contributed by atoms with van der Waals surface area (Å²) in [7, 11) is 0.